The van der Waals surface area contributed by atoms with Crippen molar-refractivity contribution in [1.82, 2.24) is 20.3 Å². The molecule has 0 aromatic carbocycles. The monoisotopic (exact) mass is 475 g/mol. The number of pyridine rings is 3. The van der Waals surface area contributed by atoms with Crippen LogP contribution in [0.15, 0.2) is 47.8 Å². The third-order valence-corrected chi connectivity index (χ3v) is 6.21. The topological polar surface area (TPSA) is 111 Å². The molecule has 10 heteroatoms. The number of likely N-dealkylation sites (N-methyl/N-ethyl adjacent to an activating group) is 1. The van der Waals surface area contributed by atoms with Crippen LogP contribution in [0.2, 0.25) is 0 Å². The molecule has 0 saturated carbocycles. The van der Waals surface area contributed by atoms with Gasteiger partial charge in [-0.05, 0) is 31.3 Å². The molecule has 172 valence electrons. The lowest BCUT2D eigenvalue weighted by atomic mass is 9.99. The Morgan fingerprint density at radius 2 is 2.00 bits per heavy atom. The number of ether oxygens (including phenoxy) is 1. The van der Waals surface area contributed by atoms with Crippen LogP contribution in [0.5, 0.6) is 5.75 Å². The normalized spacial score (nSPS) is 13.1. The lowest BCUT2D eigenvalue weighted by Crippen LogP contribution is -2.49. The molecule has 0 bridgehead atoms. The number of alkyl halides is 1. The van der Waals surface area contributed by atoms with Crippen LogP contribution < -0.4 is 15.0 Å². The first-order valence-electron chi connectivity index (χ1n) is 10.7. The van der Waals surface area contributed by atoms with Gasteiger partial charge in [-0.3, -0.25) is 9.97 Å². The number of thioether (sulfide) groups is 1. The summed E-state index contributed by atoms with van der Waals surface area (Å²) in [6.45, 7) is 1.48. The number of nitrogens with one attached hydrogen (secondary N) is 1. The Bertz CT molecular complexity index is 1220. The number of nitriles is 2. The van der Waals surface area contributed by atoms with E-state index >= 15 is 0 Å². The SMILES string of the molecule is CNCCOc1ccc(-c2c(C#N)c(SCc3ccccn3)nc(N3CC(F)C3)c2C#N)nc1. The molecule has 0 spiro atoms. The van der Waals surface area contributed by atoms with Crippen molar-refractivity contribution in [2.45, 2.75) is 17.0 Å². The van der Waals surface area contributed by atoms with Crippen molar-refractivity contribution in [3.05, 3.63) is 59.5 Å². The van der Waals surface area contributed by atoms with Crippen molar-refractivity contribution < 1.29 is 9.13 Å². The van der Waals surface area contributed by atoms with Crippen LogP contribution in [0.25, 0.3) is 11.3 Å². The van der Waals surface area contributed by atoms with Gasteiger partial charge in [0.2, 0.25) is 0 Å². The van der Waals surface area contributed by atoms with E-state index in [1.54, 1.807) is 29.4 Å². The summed E-state index contributed by atoms with van der Waals surface area (Å²) < 4.78 is 19.3. The number of nitrogens with zero attached hydrogens (tertiary/aromatic N) is 6. The fourth-order valence-electron chi connectivity index (χ4n) is 3.46. The van der Waals surface area contributed by atoms with Crippen molar-refractivity contribution in [2.24, 2.45) is 0 Å². The van der Waals surface area contributed by atoms with E-state index in [2.05, 4.69) is 32.4 Å². The number of anilines is 1. The number of hydrogen-bond donors (Lipinski definition) is 1. The summed E-state index contributed by atoms with van der Waals surface area (Å²) in [5, 5.41) is 23.5. The van der Waals surface area contributed by atoms with E-state index in [0.29, 0.717) is 46.8 Å². The Balaban J connectivity index is 1.76. The maximum absolute atomic E-state index is 13.7. The van der Waals surface area contributed by atoms with E-state index in [1.807, 2.05) is 25.2 Å². The molecule has 1 aliphatic heterocycles. The lowest BCUT2D eigenvalue weighted by Gasteiger charge is -2.36. The molecule has 0 aliphatic carbocycles. The van der Waals surface area contributed by atoms with Gasteiger partial charge in [-0.1, -0.05) is 17.8 Å². The molecule has 0 radical (unpaired) electrons. The third-order valence-electron chi connectivity index (χ3n) is 5.20. The minimum absolute atomic E-state index is 0.156. The van der Waals surface area contributed by atoms with Crippen molar-refractivity contribution in [2.75, 3.05) is 38.2 Å². The first-order valence-corrected chi connectivity index (χ1v) is 11.7. The van der Waals surface area contributed by atoms with E-state index in [4.69, 9.17) is 4.74 Å². The highest BCUT2D eigenvalue weighted by Crippen LogP contribution is 2.39. The van der Waals surface area contributed by atoms with E-state index in [-0.39, 0.29) is 24.2 Å². The van der Waals surface area contributed by atoms with Crippen LogP contribution in [0.4, 0.5) is 10.2 Å². The fourth-order valence-corrected chi connectivity index (χ4v) is 4.36. The second-order valence-corrected chi connectivity index (χ2v) is 8.50. The minimum Gasteiger partial charge on any atom is -0.491 e. The van der Waals surface area contributed by atoms with Crippen molar-refractivity contribution in [3.8, 4) is 29.1 Å². The van der Waals surface area contributed by atoms with Crippen molar-refractivity contribution >= 4 is 17.6 Å². The van der Waals surface area contributed by atoms with E-state index in [9.17, 15) is 14.9 Å². The fraction of sp³-hybridized carbons (Fsp3) is 0.292. The Hall–Kier alpha value is -3.73. The molecular formula is C24H22FN7OS. The Morgan fingerprint density at radius 1 is 1.18 bits per heavy atom. The molecule has 1 N–H and O–H groups in total. The molecule has 1 fully saturated rings. The molecule has 0 atom stereocenters. The van der Waals surface area contributed by atoms with Gasteiger partial charge in [0.25, 0.3) is 0 Å². The number of hydrogen-bond acceptors (Lipinski definition) is 9. The molecule has 4 rings (SSSR count). The molecule has 0 amide bonds. The highest BCUT2D eigenvalue weighted by Gasteiger charge is 2.32. The van der Waals surface area contributed by atoms with Crippen molar-refractivity contribution in [3.63, 3.8) is 0 Å². The van der Waals surface area contributed by atoms with Crippen molar-refractivity contribution in [1.29, 1.82) is 10.5 Å². The molecule has 1 aliphatic rings. The predicted molar refractivity (Wildman–Crippen MR) is 127 cm³/mol. The quantitative estimate of drug-likeness (QED) is 0.368. The van der Waals surface area contributed by atoms with Crippen LogP contribution in [0, 0.1) is 22.7 Å². The van der Waals surface area contributed by atoms with Gasteiger partial charge < -0.3 is 15.0 Å². The number of aromatic nitrogens is 3. The summed E-state index contributed by atoms with van der Waals surface area (Å²) in [7, 11) is 1.84. The van der Waals surface area contributed by atoms with Gasteiger partial charge in [0.15, 0.2) is 0 Å². The minimum atomic E-state index is -0.968. The van der Waals surface area contributed by atoms with Gasteiger partial charge in [-0.2, -0.15) is 10.5 Å². The molecule has 1 saturated heterocycles. The molecule has 8 nitrogen and oxygen atoms in total. The largest absolute Gasteiger partial charge is 0.491 e. The first kappa shape index (κ1) is 23.4. The van der Waals surface area contributed by atoms with Gasteiger partial charge in [-0.15, -0.1) is 0 Å². The smallest absolute Gasteiger partial charge is 0.148 e. The number of rotatable bonds is 9. The zero-order valence-corrected chi connectivity index (χ0v) is 19.3. The van der Waals surface area contributed by atoms with Gasteiger partial charge >= 0.3 is 0 Å². The van der Waals surface area contributed by atoms with Crippen LogP contribution in [-0.2, 0) is 5.75 Å². The first-order chi connectivity index (χ1) is 16.6. The summed E-state index contributed by atoms with van der Waals surface area (Å²) in [4.78, 5) is 15.1. The summed E-state index contributed by atoms with van der Waals surface area (Å²) in [5.74, 6) is 1.44. The van der Waals surface area contributed by atoms with E-state index < -0.39 is 6.17 Å². The molecule has 4 heterocycles. The van der Waals surface area contributed by atoms with Gasteiger partial charge in [0, 0.05) is 24.1 Å². The van der Waals surface area contributed by atoms with E-state index in [1.165, 1.54) is 11.8 Å². The standard InChI is InChI=1S/C24H22FN7OS/c1-28-8-9-33-18-5-6-21(30-12-18)22-19(10-26)23(32-13-16(25)14-32)31-24(20(22)11-27)34-15-17-4-2-3-7-29-17/h2-7,12,16,28H,8-9,13-15H2,1H3. The second kappa shape index (κ2) is 10.9. The lowest BCUT2D eigenvalue weighted by molar-refractivity contribution is 0.273. The third kappa shape index (κ3) is 5.09. The highest BCUT2D eigenvalue weighted by molar-refractivity contribution is 7.98. The van der Waals surface area contributed by atoms with Crippen LogP contribution in [-0.4, -0.2) is 54.4 Å². The zero-order chi connectivity index (χ0) is 23.9. The highest BCUT2D eigenvalue weighted by atomic mass is 32.2. The summed E-state index contributed by atoms with van der Waals surface area (Å²) in [6.07, 6.45) is 2.30. The van der Waals surface area contributed by atoms with Gasteiger partial charge in [0.05, 0.1) is 36.2 Å². The van der Waals surface area contributed by atoms with Crippen LogP contribution in [0.3, 0.4) is 0 Å². The Labute approximate surface area is 201 Å². The van der Waals surface area contributed by atoms with Gasteiger partial charge in [0.1, 0.15) is 47.1 Å². The molecule has 3 aromatic rings. The molecule has 34 heavy (non-hydrogen) atoms. The summed E-state index contributed by atoms with van der Waals surface area (Å²) >= 11 is 1.35. The summed E-state index contributed by atoms with van der Waals surface area (Å²) in [5.41, 5.74) is 2.15. The maximum Gasteiger partial charge on any atom is 0.148 e. The number of halogens is 1. The summed E-state index contributed by atoms with van der Waals surface area (Å²) in [6, 6.07) is 13.5. The maximum atomic E-state index is 13.7. The predicted octanol–water partition coefficient (Wildman–Crippen LogP) is 3.33. The average molecular weight is 476 g/mol. The van der Waals surface area contributed by atoms with E-state index in [0.717, 1.165) is 5.69 Å². The second-order valence-electron chi connectivity index (χ2n) is 7.53. The van der Waals surface area contributed by atoms with Crippen LogP contribution in [0.1, 0.15) is 16.8 Å². The Morgan fingerprint density at radius 3 is 2.62 bits per heavy atom. The average Bonchev–Trinajstić information content (AvgIpc) is 2.86. The molecular weight excluding hydrogens is 453 g/mol. The Kier molecular flexibility index (Phi) is 7.53. The van der Waals surface area contributed by atoms with Crippen LogP contribution >= 0.6 is 11.8 Å². The van der Waals surface area contributed by atoms with Gasteiger partial charge in [-0.25, -0.2) is 9.37 Å². The molecule has 0 unspecified atom stereocenters. The molecule has 3 aromatic heterocycles. The zero-order valence-electron chi connectivity index (χ0n) is 18.5.